The van der Waals surface area contributed by atoms with Crippen molar-refractivity contribution in [1.82, 2.24) is 10.2 Å². The number of carbonyl (C=O) groups is 2. The van der Waals surface area contributed by atoms with E-state index in [0.29, 0.717) is 30.3 Å². The lowest BCUT2D eigenvalue weighted by atomic mass is 9.94. The van der Waals surface area contributed by atoms with Gasteiger partial charge in [-0.3, -0.25) is 9.59 Å². The van der Waals surface area contributed by atoms with Crippen molar-refractivity contribution in [2.24, 2.45) is 5.92 Å². The number of nitrogens with one attached hydrogen (secondary N) is 3. The molecular formula is C18H28N4O2. The summed E-state index contributed by atoms with van der Waals surface area (Å²) < 4.78 is 0. The zero-order valence-corrected chi connectivity index (χ0v) is 14.8. The van der Waals surface area contributed by atoms with Crippen molar-refractivity contribution in [3.63, 3.8) is 0 Å². The van der Waals surface area contributed by atoms with Gasteiger partial charge in [-0.1, -0.05) is 6.07 Å². The molecule has 1 fully saturated rings. The Labute approximate surface area is 144 Å². The summed E-state index contributed by atoms with van der Waals surface area (Å²) in [6.07, 6.45) is 2.60. The highest BCUT2D eigenvalue weighted by Crippen LogP contribution is 2.24. The lowest BCUT2D eigenvalue weighted by Crippen LogP contribution is -2.30. The Kier molecular flexibility index (Phi) is 6.75. The molecule has 0 aliphatic carbocycles. The Bertz CT molecular complexity index is 580. The molecule has 6 heteroatoms. The fourth-order valence-corrected chi connectivity index (χ4v) is 2.90. The first-order chi connectivity index (χ1) is 11.4. The first-order valence-corrected chi connectivity index (χ1v) is 8.50. The van der Waals surface area contributed by atoms with Gasteiger partial charge in [0.1, 0.15) is 0 Å². The zero-order valence-electron chi connectivity index (χ0n) is 14.8. The van der Waals surface area contributed by atoms with E-state index in [1.807, 2.05) is 39.2 Å². The number of hydrogen-bond donors (Lipinski definition) is 3. The van der Waals surface area contributed by atoms with Crippen LogP contribution >= 0.6 is 0 Å². The van der Waals surface area contributed by atoms with E-state index >= 15 is 0 Å². The Balaban J connectivity index is 2.00. The minimum Gasteiger partial charge on any atom is -0.324 e. The fraction of sp³-hybridized carbons (Fsp3) is 0.556. The van der Waals surface area contributed by atoms with Crippen LogP contribution in [-0.2, 0) is 9.59 Å². The molecule has 1 aromatic carbocycles. The second-order valence-corrected chi connectivity index (χ2v) is 6.78. The predicted octanol–water partition coefficient (Wildman–Crippen LogP) is 1.82. The normalized spacial score (nSPS) is 15.3. The minimum absolute atomic E-state index is 0.00982. The lowest BCUT2D eigenvalue weighted by Gasteiger charge is -2.22. The van der Waals surface area contributed by atoms with E-state index in [-0.39, 0.29) is 11.8 Å². The van der Waals surface area contributed by atoms with Gasteiger partial charge in [0.2, 0.25) is 11.8 Å². The monoisotopic (exact) mass is 332 g/mol. The Morgan fingerprint density at radius 2 is 1.79 bits per heavy atom. The summed E-state index contributed by atoms with van der Waals surface area (Å²) in [7, 11) is 3.69. The summed E-state index contributed by atoms with van der Waals surface area (Å²) in [5, 5.41) is 9.15. The predicted molar refractivity (Wildman–Crippen MR) is 97.2 cm³/mol. The highest BCUT2D eigenvalue weighted by molar-refractivity contribution is 6.00. The first kappa shape index (κ1) is 18.4. The number of likely N-dealkylation sites (N-methyl/N-ethyl adjacent to an activating group) is 1. The van der Waals surface area contributed by atoms with Crippen LogP contribution in [0.2, 0.25) is 0 Å². The average Bonchev–Trinajstić information content (AvgIpc) is 2.50. The number of hydrogen-bond acceptors (Lipinski definition) is 4. The summed E-state index contributed by atoms with van der Waals surface area (Å²) >= 11 is 0. The standard InChI is InChI=1S/C18H28N4O2/c1-13-4-5-15(20-18(24)12-22(2)3)16(10-13)21-17(23)11-14-6-8-19-9-7-14/h4-5,10,14,19H,6-9,11-12H2,1-3H3,(H,20,24)(H,21,23). The molecule has 0 bridgehead atoms. The summed E-state index contributed by atoms with van der Waals surface area (Å²) in [6.45, 7) is 4.23. The molecule has 3 N–H and O–H groups in total. The third kappa shape index (κ3) is 5.94. The maximum atomic E-state index is 12.4. The van der Waals surface area contributed by atoms with Crippen LogP contribution in [0.15, 0.2) is 18.2 Å². The third-order valence-corrected chi connectivity index (χ3v) is 4.12. The van der Waals surface area contributed by atoms with Gasteiger partial charge in [0, 0.05) is 6.42 Å². The van der Waals surface area contributed by atoms with Gasteiger partial charge in [0.25, 0.3) is 0 Å². The van der Waals surface area contributed by atoms with Gasteiger partial charge in [-0.2, -0.15) is 0 Å². The molecule has 0 radical (unpaired) electrons. The fourth-order valence-electron chi connectivity index (χ4n) is 2.90. The zero-order chi connectivity index (χ0) is 17.5. The van der Waals surface area contributed by atoms with Gasteiger partial charge in [-0.05, 0) is 70.6 Å². The number of aryl methyl sites for hydroxylation is 1. The quantitative estimate of drug-likeness (QED) is 0.743. The van der Waals surface area contributed by atoms with Crippen molar-refractivity contribution >= 4 is 23.2 Å². The van der Waals surface area contributed by atoms with E-state index in [0.717, 1.165) is 31.5 Å². The van der Waals surface area contributed by atoms with Gasteiger partial charge in [0.05, 0.1) is 17.9 Å². The smallest absolute Gasteiger partial charge is 0.238 e. The van der Waals surface area contributed by atoms with Gasteiger partial charge in [0.15, 0.2) is 0 Å². The molecular weight excluding hydrogens is 304 g/mol. The number of rotatable bonds is 6. The van der Waals surface area contributed by atoms with E-state index in [9.17, 15) is 9.59 Å². The van der Waals surface area contributed by atoms with Crippen molar-refractivity contribution in [3.8, 4) is 0 Å². The molecule has 132 valence electrons. The molecule has 2 amide bonds. The van der Waals surface area contributed by atoms with E-state index in [1.165, 1.54) is 0 Å². The summed E-state index contributed by atoms with van der Waals surface area (Å²) in [5.41, 5.74) is 2.35. The van der Waals surface area contributed by atoms with Gasteiger partial charge in [-0.25, -0.2) is 0 Å². The van der Waals surface area contributed by atoms with Crippen molar-refractivity contribution in [1.29, 1.82) is 0 Å². The summed E-state index contributed by atoms with van der Waals surface area (Å²) in [6, 6.07) is 5.66. The highest BCUT2D eigenvalue weighted by atomic mass is 16.2. The molecule has 0 saturated carbocycles. The topological polar surface area (TPSA) is 73.5 Å². The second-order valence-electron chi connectivity index (χ2n) is 6.78. The molecule has 0 unspecified atom stereocenters. The second kappa shape index (κ2) is 8.80. The molecule has 1 aliphatic heterocycles. The number of amides is 2. The van der Waals surface area contributed by atoms with Gasteiger partial charge < -0.3 is 20.9 Å². The van der Waals surface area contributed by atoms with Crippen LogP contribution in [0, 0.1) is 12.8 Å². The van der Waals surface area contributed by atoms with Crippen LogP contribution in [-0.4, -0.2) is 50.4 Å². The van der Waals surface area contributed by atoms with Gasteiger partial charge in [-0.15, -0.1) is 0 Å². The van der Waals surface area contributed by atoms with Crippen LogP contribution in [0.5, 0.6) is 0 Å². The highest BCUT2D eigenvalue weighted by Gasteiger charge is 2.18. The molecule has 1 heterocycles. The molecule has 0 atom stereocenters. The largest absolute Gasteiger partial charge is 0.324 e. The number of nitrogens with zero attached hydrogens (tertiary/aromatic N) is 1. The van der Waals surface area contributed by atoms with Crippen LogP contribution in [0.4, 0.5) is 11.4 Å². The minimum atomic E-state index is -0.0993. The van der Waals surface area contributed by atoms with E-state index in [2.05, 4.69) is 16.0 Å². The molecule has 1 aliphatic rings. The van der Waals surface area contributed by atoms with Crippen molar-refractivity contribution < 1.29 is 9.59 Å². The average molecular weight is 332 g/mol. The van der Waals surface area contributed by atoms with Crippen LogP contribution in [0.25, 0.3) is 0 Å². The Morgan fingerprint density at radius 3 is 2.46 bits per heavy atom. The number of benzene rings is 1. The third-order valence-electron chi connectivity index (χ3n) is 4.12. The van der Waals surface area contributed by atoms with Crippen molar-refractivity contribution in [3.05, 3.63) is 23.8 Å². The SMILES string of the molecule is Cc1ccc(NC(=O)CN(C)C)c(NC(=O)CC2CCNCC2)c1. The maximum Gasteiger partial charge on any atom is 0.238 e. The summed E-state index contributed by atoms with van der Waals surface area (Å²) in [4.78, 5) is 26.2. The Morgan fingerprint density at radius 1 is 1.12 bits per heavy atom. The van der Waals surface area contributed by atoms with E-state index in [1.54, 1.807) is 4.90 Å². The maximum absolute atomic E-state index is 12.4. The molecule has 1 saturated heterocycles. The Hall–Kier alpha value is -1.92. The lowest BCUT2D eigenvalue weighted by molar-refractivity contribution is -0.118. The molecule has 6 nitrogen and oxygen atoms in total. The van der Waals surface area contributed by atoms with Crippen LogP contribution in [0.1, 0.15) is 24.8 Å². The number of carbonyl (C=O) groups excluding carboxylic acids is 2. The molecule has 0 spiro atoms. The van der Waals surface area contributed by atoms with E-state index < -0.39 is 0 Å². The molecule has 1 aromatic rings. The number of anilines is 2. The van der Waals surface area contributed by atoms with E-state index in [4.69, 9.17) is 0 Å². The number of piperidine rings is 1. The van der Waals surface area contributed by atoms with Crippen molar-refractivity contribution in [2.45, 2.75) is 26.2 Å². The van der Waals surface area contributed by atoms with Crippen molar-refractivity contribution in [2.75, 3.05) is 44.4 Å². The van der Waals surface area contributed by atoms with Crippen LogP contribution < -0.4 is 16.0 Å². The van der Waals surface area contributed by atoms with Gasteiger partial charge >= 0.3 is 0 Å². The first-order valence-electron chi connectivity index (χ1n) is 8.50. The molecule has 0 aromatic heterocycles. The molecule has 2 rings (SSSR count). The summed E-state index contributed by atoms with van der Waals surface area (Å²) in [5.74, 6) is 0.344. The van der Waals surface area contributed by atoms with Crippen LogP contribution in [0.3, 0.4) is 0 Å². The molecule has 24 heavy (non-hydrogen) atoms.